The van der Waals surface area contributed by atoms with Gasteiger partial charge in [-0.2, -0.15) is 0 Å². The predicted octanol–water partition coefficient (Wildman–Crippen LogP) is 6.85. The van der Waals surface area contributed by atoms with E-state index in [1.165, 1.54) is 20.6 Å². The van der Waals surface area contributed by atoms with Gasteiger partial charge in [-0.15, -0.1) is 0 Å². The average molecular weight is 671 g/mol. The van der Waals surface area contributed by atoms with Gasteiger partial charge in [0.2, 0.25) is 0 Å². The number of benzene rings is 3. The van der Waals surface area contributed by atoms with Crippen molar-refractivity contribution < 1.29 is 18.7 Å². The van der Waals surface area contributed by atoms with Gasteiger partial charge in [0.15, 0.2) is 0 Å². The highest BCUT2D eigenvalue weighted by Crippen LogP contribution is 2.34. The van der Waals surface area contributed by atoms with Crippen molar-refractivity contribution in [2.75, 3.05) is 0 Å². The maximum Gasteiger partial charge on any atom is 0.293 e. The molecule has 8 heteroatoms. The Morgan fingerprint density at radius 1 is 0.938 bits per heavy atom. The SMILES string of the molecule is O=C1SC(=Cc2ccc(OCc3ccc(I)cc3)c(I)c2)C(=O)N1Cc1ccc(F)cc1. The number of carbonyl (C=O) groups excluding carboxylic acids is 2. The molecule has 4 nitrogen and oxygen atoms in total. The van der Waals surface area contributed by atoms with Crippen LogP contribution in [0.2, 0.25) is 0 Å². The van der Waals surface area contributed by atoms with Gasteiger partial charge < -0.3 is 4.74 Å². The molecule has 3 aromatic rings. The molecule has 0 bridgehead atoms. The van der Waals surface area contributed by atoms with Crippen molar-refractivity contribution in [3.05, 3.63) is 101 Å². The predicted molar refractivity (Wildman–Crippen MR) is 141 cm³/mol. The van der Waals surface area contributed by atoms with Gasteiger partial charge in [-0.25, -0.2) is 4.39 Å². The van der Waals surface area contributed by atoms with Crippen LogP contribution in [-0.4, -0.2) is 16.0 Å². The summed E-state index contributed by atoms with van der Waals surface area (Å²) >= 11 is 5.37. The summed E-state index contributed by atoms with van der Waals surface area (Å²) in [6.07, 6.45) is 1.71. The Morgan fingerprint density at radius 2 is 1.62 bits per heavy atom. The molecule has 1 saturated heterocycles. The van der Waals surface area contributed by atoms with Gasteiger partial charge in [0.25, 0.3) is 11.1 Å². The number of hydrogen-bond acceptors (Lipinski definition) is 4. The molecular formula is C24H16FI2NO3S. The maximum atomic E-state index is 13.1. The third-order valence-corrected chi connectivity index (χ3v) is 7.16. The number of amides is 2. The molecule has 0 spiro atoms. The lowest BCUT2D eigenvalue weighted by Crippen LogP contribution is -2.27. The zero-order valence-corrected chi connectivity index (χ0v) is 21.7. The van der Waals surface area contributed by atoms with Gasteiger partial charge in [0.1, 0.15) is 18.2 Å². The van der Waals surface area contributed by atoms with E-state index in [1.807, 2.05) is 42.5 Å². The normalized spacial score (nSPS) is 15.0. The van der Waals surface area contributed by atoms with Gasteiger partial charge in [-0.1, -0.05) is 30.3 Å². The monoisotopic (exact) mass is 671 g/mol. The fourth-order valence-corrected chi connectivity index (χ4v) is 4.92. The van der Waals surface area contributed by atoms with Gasteiger partial charge in [-0.05, 0) is 116 Å². The summed E-state index contributed by atoms with van der Waals surface area (Å²) in [6, 6.07) is 19.5. The van der Waals surface area contributed by atoms with E-state index in [2.05, 4.69) is 45.2 Å². The fourth-order valence-electron chi connectivity index (χ4n) is 3.03. The van der Waals surface area contributed by atoms with Crippen molar-refractivity contribution in [1.29, 1.82) is 0 Å². The minimum absolute atomic E-state index is 0.116. The van der Waals surface area contributed by atoms with Crippen LogP contribution in [0.1, 0.15) is 16.7 Å². The second-order valence-electron chi connectivity index (χ2n) is 7.00. The Morgan fingerprint density at radius 3 is 2.31 bits per heavy atom. The Bertz CT molecular complexity index is 1200. The van der Waals surface area contributed by atoms with Crippen LogP contribution in [0.5, 0.6) is 5.75 Å². The first-order valence-electron chi connectivity index (χ1n) is 9.55. The van der Waals surface area contributed by atoms with E-state index >= 15 is 0 Å². The lowest BCUT2D eigenvalue weighted by Gasteiger charge is -2.12. The van der Waals surface area contributed by atoms with Gasteiger partial charge in [-0.3, -0.25) is 14.5 Å². The number of nitrogens with zero attached hydrogens (tertiary/aromatic N) is 1. The van der Waals surface area contributed by atoms with E-state index in [-0.39, 0.29) is 23.5 Å². The van der Waals surface area contributed by atoms with Crippen LogP contribution in [-0.2, 0) is 17.9 Å². The molecule has 1 fully saturated rings. The number of ether oxygens (including phenoxy) is 1. The molecule has 0 unspecified atom stereocenters. The summed E-state index contributed by atoms with van der Waals surface area (Å²) in [5.41, 5.74) is 2.59. The molecule has 0 aliphatic carbocycles. The highest BCUT2D eigenvalue weighted by Gasteiger charge is 2.35. The largest absolute Gasteiger partial charge is 0.488 e. The standard InChI is InChI=1S/C24H16FI2NO3S/c25-18-6-1-15(2-7-18)13-28-23(29)22(32-24(28)30)12-17-5-10-21(20(27)11-17)31-14-16-3-8-19(26)9-4-16/h1-12H,13-14H2. The van der Waals surface area contributed by atoms with Crippen molar-refractivity contribution in [3.8, 4) is 5.75 Å². The molecule has 4 rings (SSSR count). The van der Waals surface area contributed by atoms with Crippen LogP contribution in [0.3, 0.4) is 0 Å². The molecule has 3 aromatic carbocycles. The Labute approximate surface area is 216 Å². The Kier molecular flexibility index (Phi) is 7.51. The van der Waals surface area contributed by atoms with Crippen LogP contribution < -0.4 is 4.74 Å². The molecule has 0 N–H and O–H groups in total. The van der Waals surface area contributed by atoms with Gasteiger partial charge in [0, 0.05) is 3.57 Å². The molecule has 0 aromatic heterocycles. The number of halogens is 3. The van der Waals surface area contributed by atoms with E-state index in [4.69, 9.17) is 4.74 Å². The fraction of sp³-hybridized carbons (Fsp3) is 0.0833. The molecule has 1 aliphatic rings. The highest BCUT2D eigenvalue weighted by atomic mass is 127. The minimum Gasteiger partial charge on any atom is -0.488 e. The lowest BCUT2D eigenvalue weighted by molar-refractivity contribution is -0.123. The van der Waals surface area contributed by atoms with Crippen LogP contribution in [0.4, 0.5) is 9.18 Å². The number of rotatable bonds is 6. The smallest absolute Gasteiger partial charge is 0.293 e. The zero-order chi connectivity index (χ0) is 22.7. The molecule has 32 heavy (non-hydrogen) atoms. The van der Waals surface area contributed by atoms with Crippen molar-refractivity contribution >= 4 is 74.2 Å². The molecule has 0 atom stereocenters. The highest BCUT2D eigenvalue weighted by molar-refractivity contribution is 14.1. The second kappa shape index (κ2) is 10.3. The molecular weight excluding hydrogens is 655 g/mol. The van der Waals surface area contributed by atoms with E-state index < -0.39 is 0 Å². The summed E-state index contributed by atoms with van der Waals surface area (Å²) in [5, 5.41) is -0.335. The first-order chi connectivity index (χ1) is 15.4. The Balaban J connectivity index is 1.44. The summed E-state index contributed by atoms with van der Waals surface area (Å²) in [7, 11) is 0. The first-order valence-corrected chi connectivity index (χ1v) is 12.5. The number of hydrogen-bond donors (Lipinski definition) is 0. The molecule has 1 aliphatic heterocycles. The third-order valence-electron chi connectivity index (χ3n) is 4.69. The van der Waals surface area contributed by atoms with Gasteiger partial charge >= 0.3 is 0 Å². The van der Waals surface area contributed by atoms with E-state index in [9.17, 15) is 14.0 Å². The molecule has 0 radical (unpaired) electrons. The van der Waals surface area contributed by atoms with Crippen molar-refractivity contribution in [1.82, 2.24) is 4.90 Å². The number of thioether (sulfide) groups is 1. The van der Waals surface area contributed by atoms with E-state index in [0.717, 1.165) is 32.2 Å². The van der Waals surface area contributed by atoms with Crippen LogP contribution in [0, 0.1) is 13.0 Å². The van der Waals surface area contributed by atoms with Crippen molar-refractivity contribution in [3.63, 3.8) is 0 Å². The molecule has 2 amide bonds. The van der Waals surface area contributed by atoms with Crippen molar-refractivity contribution in [2.45, 2.75) is 13.2 Å². The van der Waals surface area contributed by atoms with Crippen molar-refractivity contribution in [2.24, 2.45) is 0 Å². The topological polar surface area (TPSA) is 46.6 Å². The maximum absolute atomic E-state index is 13.1. The van der Waals surface area contributed by atoms with Crippen LogP contribution in [0.15, 0.2) is 71.6 Å². The lowest BCUT2D eigenvalue weighted by atomic mass is 10.2. The third kappa shape index (κ3) is 5.70. The summed E-state index contributed by atoms with van der Waals surface area (Å²) < 4.78 is 21.1. The second-order valence-corrected chi connectivity index (χ2v) is 10.4. The number of carbonyl (C=O) groups is 2. The summed E-state index contributed by atoms with van der Waals surface area (Å²) in [4.78, 5) is 26.6. The first kappa shape index (κ1) is 23.2. The van der Waals surface area contributed by atoms with Crippen LogP contribution >= 0.6 is 56.9 Å². The minimum atomic E-state index is -0.358. The molecule has 0 saturated carbocycles. The summed E-state index contributed by atoms with van der Waals surface area (Å²) in [5.74, 6) is 0.0486. The zero-order valence-electron chi connectivity index (χ0n) is 16.6. The molecule has 1 heterocycles. The summed E-state index contributed by atoms with van der Waals surface area (Å²) in [6.45, 7) is 0.583. The average Bonchev–Trinajstić information content (AvgIpc) is 3.03. The quantitative estimate of drug-likeness (QED) is 0.213. The van der Waals surface area contributed by atoms with Gasteiger partial charge in [0.05, 0.1) is 15.0 Å². The molecule has 162 valence electrons. The van der Waals surface area contributed by atoms with E-state index in [0.29, 0.717) is 17.1 Å². The van der Waals surface area contributed by atoms with Crippen LogP contribution in [0.25, 0.3) is 6.08 Å². The number of imide groups is 1. The van der Waals surface area contributed by atoms with E-state index in [1.54, 1.807) is 18.2 Å². The Hall–Kier alpha value is -1.92.